The fourth-order valence-corrected chi connectivity index (χ4v) is 3.02. The van der Waals surface area contributed by atoms with E-state index in [1.807, 2.05) is 0 Å². The molecule has 0 unspecified atom stereocenters. The Morgan fingerprint density at radius 2 is 1.96 bits per heavy atom. The van der Waals surface area contributed by atoms with Crippen LogP contribution in [0.2, 0.25) is 0 Å². The third-order valence-corrected chi connectivity index (χ3v) is 4.28. The van der Waals surface area contributed by atoms with Crippen molar-refractivity contribution >= 4 is 33.2 Å². The van der Waals surface area contributed by atoms with Crippen LogP contribution in [-0.2, 0) is 4.74 Å². The number of Topliss-reactive ketones (excluding diaryl/α,β-unsaturated/α-hetero) is 2. The predicted molar refractivity (Wildman–Crippen MR) is 88.0 cm³/mol. The van der Waals surface area contributed by atoms with Gasteiger partial charge in [-0.15, -0.1) is 0 Å². The molecule has 120 valence electrons. The molecule has 1 aliphatic carbocycles. The van der Waals surface area contributed by atoms with Crippen LogP contribution in [0.4, 0.5) is 5.69 Å². The maximum absolute atomic E-state index is 12.6. The van der Waals surface area contributed by atoms with Crippen molar-refractivity contribution in [3.05, 3.63) is 68.0 Å². The molecule has 2 aromatic rings. The highest BCUT2D eigenvalue weighted by Crippen LogP contribution is 2.35. The molecule has 0 saturated carbocycles. The zero-order valence-electron chi connectivity index (χ0n) is 12.3. The van der Waals surface area contributed by atoms with Crippen molar-refractivity contribution in [1.82, 2.24) is 4.98 Å². The number of nitrogens with zero attached hydrogens (tertiary/aromatic N) is 2. The van der Waals surface area contributed by atoms with Gasteiger partial charge in [-0.25, -0.2) is 0 Å². The highest BCUT2D eigenvalue weighted by Gasteiger charge is 2.34. The molecule has 0 atom stereocenters. The summed E-state index contributed by atoms with van der Waals surface area (Å²) in [5.41, 5.74) is 0.700. The average molecular weight is 389 g/mol. The van der Waals surface area contributed by atoms with E-state index in [-0.39, 0.29) is 32.7 Å². The molecule has 24 heavy (non-hydrogen) atoms. The first-order valence-corrected chi connectivity index (χ1v) is 7.52. The molecule has 1 aromatic carbocycles. The second kappa shape index (κ2) is 5.97. The topological polar surface area (TPSA) is 99.4 Å². The van der Waals surface area contributed by atoms with E-state index in [1.54, 1.807) is 6.07 Å². The van der Waals surface area contributed by atoms with Gasteiger partial charge in [0.1, 0.15) is 4.48 Å². The number of fused-ring (bicyclic) bond motifs is 1. The second-order valence-electron chi connectivity index (χ2n) is 4.90. The third-order valence-electron chi connectivity index (χ3n) is 3.56. The van der Waals surface area contributed by atoms with Gasteiger partial charge in [-0.1, -0.05) is 12.1 Å². The third kappa shape index (κ3) is 2.41. The monoisotopic (exact) mass is 388 g/mol. The number of non-ortho nitro benzene ring substituents is 1. The number of rotatable bonds is 3. The molecule has 1 heterocycles. The molecule has 0 aliphatic heterocycles. The van der Waals surface area contributed by atoms with E-state index >= 15 is 0 Å². The van der Waals surface area contributed by atoms with Gasteiger partial charge in [0.2, 0.25) is 11.6 Å². The van der Waals surface area contributed by atoms with Crippen LogP contribution in [0.5, 0.6) is 0 Å². The summed E-state index contributed by atoms with van der Waals surface area (Å²) in [5.74, 6) is -0.993. The molecule has 7 nitrogen and oxygen atoms in total. The fourth-order valence-electron chi connectivity index (χ4n) is 2.48. The number of ether oxygens (including phenoxy) is 1. The van der Waals surface area contributed by atoms with Crippen molar-refractivity contribution in [3.8, 4) is 11.3 Å². The number of nitro benzene ring substituents is 1. The Labute approximate surface area is 144 Å². The lowest BCUT2D eigenvalue weighted by molar-refractivity contribution is -0.384. The van der Waals surface area contributed by atoms with Gasteiger partial charge < -0.3 is 4.74 Å². The van der Waals surface area contributed by atoms with Gasteiger partial charge in [0.25, 0.3) is 5.69 Å². The molecule has 1 aromatic heterocycles. The number of benzene rings is 1. The van der Waals surface area contributed by atoms with Crippen molar-refractivity contribution in [2.45, 2.75) is 0 Å². The number of methoxy groups -OCH3 is 1. The minimum absolute atomic E-state index is 0.00202. The summed E-state index contributed by atoms with van der Waals surface area (Å²) >= 11 is 3.08. The van der Waals surface area contributed by atoms with Gasteiger partial charge in [-0.3, -0.25) is 24.7 Å². The second-order valence-corrected chi connectivity index (χ2v) is 5.69. The Balaban J connectivity index is 2.25. The highest BCUT2D eigenvalue weighted by molar-refractivity contribution is 9.12. The van der Waals surface area contributed by atoms with Crippen LogP contribution in [0.1, 0.15) is 20.7 Å². The smallest absolute Gasteiger partial charge is 0.270 e. The number of hydrogen-bond donors (Lipinski definition) is 0. The van der Waals surface area contributed by atoms with E-state index in [1.165, 1.54) is 37.6 Å². The Hall–Kier alpha value is -2.87. The minimum atomic E-state index is -0.537. The van der Waals surface area contributed by atoms with Crippen LogP contribution in [0.15, 0.2) is 46.8 Å². The molecule has 0 amide bonds. The summed E-state index contributed by atoms with van der Waals surface area (Å²) < 4.78 is 4.99. The summed E-state index contributed by atoms with van der Waals surface area (Å²) in [6, 6.07) is 7.16. The average Bonchev–Trinajstić information content (AvgIpc) is 2.60. The first-order chi connectivity index (χ1) is 11.5. The highest BCUT2D eigenvalue weighted by atomic mass is 79.9. The number of halogens is 1. The molecule has 0 radical (unpaired) electrons. The van der Waals surface area contributed by atoms with E-state index in [0.717, 1.165) is 0 Å². The van der Waals surface area contributed by atoms with Crippen LogP contribution >= 0.6 is 15.9 Å². The molecular weight excluding hydrogens is 380 g/mol. The van der Waals surface area contributed by atoms with Crippen molar-refractivity contribution in [2.75, 3.05) is 7.11 Å². The summed E-state index contributed by atoms with van der Waals surface area (Å²) in [4.78, 5) is 39.7. The fraction of sp³-hybridized carbons (Fsp3) is 0.0625. The summed E-state index contributed by atoms with van der Waals surface area (Å²) in [6.45, 7) is 0. The maximum Gasteiger partial charge on any atom is 0.270 e. The number of carbonyl (C=O) groups is 2. The van der Waals surface area contributed by atoms with Gasteiger partial charge in [0.15, 0.2) is 5.76 Å². The lowest BCUT2D eigenvalue weighted by Crippen LogP contribution is -2.22. The van der Waals surface area contributed by atoms with Crippen molar-refractivity contribution in [3.63, 3.8) is 0 Å². The van der Waals surface area contributed by atoms with Crippen LogP contribution < -0.4 is 0 Å². The van der Waals surface area contributed by atoms with E-state index in [9.17, 15) is 19.7 Å². The normalized spacial score (nSPS) is 13.8. The molecule has 0 N–H and O–H groups in total. The summed E-state index contributed by atoms with van der Waals surface area (Å²) in [7, 11) is 1.30. The van der Waals surface area contributed by atoms with Crippen LogP contribution in [0.3, 0.4) is 0 Å². The minimum Gasteiger partial charge on any atom is -0.491 e. The summed E-state index contributed by atoms with van der Waals surface area (Å²) in [6.07, 6.45) is 1.38. The van der Waals surface area contributed by atoms with Gasteiger partial charge in [0, 0.05) is 29.5 Å². The molecule has 1 aliphatic rings. The molecule has 8 heteroatoms. The van der Waals surface area contributed by atoms with Crippen molar-refractivity contribution in [1.29, 1.82) is 0 Å². The Bertz CT molecular complexity index is 936. The van der Waals surface area contributed by atoms with E-state index in [2.05, 4.69) is 20.9 Å². The number of allylic oxidation sites excluding steroid dienone is 2. The number of ketones is 2. The number of carbonyl (C=O) groups excluding carboxylic acids is 2. The standard InChI is InChI=1S/C16H9BrN2O5/c1-24-16-12(17)15(21)11-10(14(16)20)5-6-18-13(11)8-3-2-4-9(7-8)19(22)23/h2-7H,1H3. The van der Waals surface area contributed by atoms with E-state index in [4.69, 9.17) is 4.74 Å². The zero-order chi connectivity index (χ0) is 17.4. The van der Waals surface area contributed by atoms with Crippen molar-refractivity contribution in [2.24, 2.45) is 0 Å². The lowest BCUT2D eigenvalue weighted by atomic mass is 9.90. The lowest BCUT2D eigenvalue weighted by Gasteiger charge is -2.18. The molecular formula is C16H9BrN2O5. The Morgan fingerprint density at radius 3 is 2.62 bits per heavy atom. The van der Waals surface area contributed by atoms with Crippen LogP contribution in [-0.4, -0.2) is 28.6 Å². The first kappa shape index (κ1) is 16.0. The molecule has 0 spiro atoms. The number of aromatic nitrogens is 1. The van der Waals surface area contributed by atoms with Gasteiger partial charge in [-0.2, -0.15) is 0 Å². The molecule has 0 saturated heterocycles. The molecule has 3 rings (SSSR count). The maximum atomic E-state index is 12.6. The molecule has 0 bridgehead atoms. The van der Waals surface area contributed by atoms with Gasteiger partial charge >= 0.3 is 0 Å². The SMILES string of the molecule is COC1=C(Br)C(=O)c2c(ccnc2-c2cccc([N+](=O)[O-])c2)C1=O. The predicted octanol–water partition coefficient (Wildman–Crippen LogP) is 3.29. The van der Waals surface area contributed by atoms with Crippen LogP contribution in [0, 0.1) is 10.1 Å². The zero-order valence-corrected chi connectivity index (χ0v) is 13.9. The number of pyridine rings is 1. The van der Waals surface area contributed by atoms with Crippen LogP contribution in [0.25, 0.3) is 11.3 Å². The molecule has 0 fully saturated rings. The van der Waals surface area contributed by atoms with Gasteiger partial charge in [-0.05, 0) is 22.0 Å². The first-order valence-electron chi connectivity index (χ1n) is 6.72. The Morgan fingerprint density at radius 1 is 1.21 bits per heavy atom. The largest absolute Gasteiger partial charge is 0.491 e. The van der Waals surface area contributed by atoms with Crippen molar-refractivity contribution < 1.29 is 19.2 Å². The number of nitro groups is 1. The quantitative estimate of drug-likeness (QED) is 0.590. The van der Waals surface area contributed by atoms with E-state index in [0.29, 0.717) is 5.56 Å². The van der Waals surface area contributed by atoms with Gasteiger partial charge in [0.05, 0.1) is 23.3 Å². The summed E-state index contributed by atoms with van der Waals surface area (Å²) in [5, 5.41) is 11.0. The Kier molecular flexibility index (Phi) is 3.98. The number of hydrogen-bond acceptors (Lipinski definition) is 6. The van der Waals surface area contributed by atoms with E-state index < -0.39 is 16.5 Å².